The highest BCUT2D eigenvalue weighted by molar-refractivity contribution is 7.92. The number of alkyl halides is 3. The van der Waals surface area contributed by atoms with Gasteiger partial charge in [-0.3, -0.25) is 9.52 Å². The molecule has 186 valence electrons. The Hall–Kier alpha value is -3.53. The van der Waals surface area contributed by atoms with E-state index in [2.05, 4.69) is 10.0 Å². The van der Waals surface area contributed by atoms with E-state index in [4.69, 9.17) is 4.74 Å². The topological polar surface area (TPSA) is 84.5 Å². The Balaban J connectivity index is 1.68. The van der Waals surface area contributed by atoms with E-state index in [1.807, 2.05) is 26.0 Å². The van der Waals surface area contributed by atoms with Crippen LogP contribution in [0.1, 0.15) is 30.0 Å². The first-order chi connectivity index (χ1) is 16.4. The summed E-state index contributed by atoms with van der Waals surface area (Å²) in [4.78, 5) is 12.5. The predicted octanol–water partition coefficient (Wildman–Crippen LogP) is 5.92. The highest BCUT2D eigenvalue weighted by atomic mass is 32.2. The second-order valence-electron chi connectivity index (χ2n) is 7.96. The molecule has 0 aromatic heterocycles. The van der Waals surface area contributed by atoms with Crippen molar-refractivity contribution in [3.63, 3.8) is 0 Å². The van der Waals surface area contributed by atoms with Crippen LogP contribution in [-0.4, -0.2) is 20.4 Å². The lowest BCUT2D eigenvalue weighted by Crippen LogP contribution is -2.32. The standard InChI is InChI=1S/C25H25F3N2O4S/c1-4-23(34-21-11-8-16(2)17(3)14-21)24(31)29-19-9-12-22(13-10-19)35(32,33)30-20-7-5-6-18(15-20)25(26,27)28/h5-15,23,30H,4H2,1-3H3,(H,29,31)/t23-/m1/s1. The molecule has 0 saturated heterocycles. The average molecular weight is 507 g/mol. The van der Waals surface area contributed by atoms with Gasteiger partial charge in [-0.05, 0) is 86.0 Å². The first-order valence-corrected chi connectivity index (χ1v) is 12.2. The monoisotopic (exact) mass is 506 g/mol. The van der Waals surface area contributed by atoms with Crippen molar-refractivity contribution in [2.75, 3.05) is 10.0 Å². The molecule has 2 N–H and O–H groups in total. The van der Waals surface area contributed by atoms with E-state index in [1.54, 1.807) is 13.0 Å². The smallest absolute Gasteiger partial charge is 0.416 e. The number of benzene rings is 3. The van der Waals surface area contributed by atoms with Crippen molar-refractivity contribution in [2.24, 2.45) is 0 Å². The fourth-order valence-corrected chi connectivity index (χ4v) is 4.24. The normalized spacial score (nSPS) is 12.6. The molecule has 0 aliphatic heterocycles. The fourth-order valence-electron chi connectivity index (χ4n) is 3.19. The molecule has 10 heteroatoms. The molecular weight excluding hydrogens is 481 g/mol. The van der Waals surface area contributed by atoms with E-state index >= 15 is 0 Å². The minimum atomic E-state index is -4.60. The maximum Gasteiger partial charge on any atom is 0.416 e. The van der Waals surface area contributed by atoms with Crippen LogP contribution >= 0.6 is 0 Å². The summed E-state index contributed by atoms with van der Waals surface area (Å²) < 4.78 is 71.8. The number of ether oxygens (including phenoxy) is 1. The van der Waals surface area contributed by atoms with Crippen LogP contribution in [0, 0.1) is 13.8 Å². The lowest BCUT2D eigenvalue weighted by molar-refractivity contribution is -0.137. The molecule has 3 rings (SSSR count). The fraction of sp³-hybridized carbons (Fsp3) is 0.240. The number of carbonyl (C=O) groups excluding carboxylic acids is 1. The summed E-state index contributed by atoms with van der Waals surface area (Å²) in [5, 5.41) is 2.69. The van der Waals surface area contributed by atoms with Gasteiger partial charge >= 0.3 is 6.18 Å². The third-order valence-electron chi connectivity index (χ3n) is 5.29. The number of aryl methyl sites for hydroxylation is 2. The van der Waals surface area contributed by atoms with Crippen molar-refractivity contribution in [1.82, 2.24) is 0 Å². The van der Waals surface area contributed by atoms with Gasteiger partial charge in [0.2, 0.25) is 0 Å². The van der Waals surface area contributed by atoms with Crippen LogP contribution in [0.5, 0.6) is 5.75 Å². The Kier molecular flexibility index (Phi) is 7.74. The van der Waals surface area contributed by atoms with Gasteiger partial charge < -0.3 is 10.1 Å². The number of rotatable bonds is 8. The summed E-state index contributed by atoms with van der Waals surface area (Å²) in [5.41, 5.74) is 1.30. The van der Waals surface area contributed by atoms with Gasteiger partial charge in [0.05, 0.1) is 10.5 Å². The van der Waals surface area contributed by atoms with Gasteiger partial charge in [0, 0.05) is 11.4 Å². The molecule has 35 heavy (non-hydrogen) atoms. The van der Waals surface area contributed by atoms with Crippen LogP contribution in [0.2, 0.25) is 0 Å². The van der Waals surface area contributed by atoms with E-state index in [0.29, 0.717) is 23.9 Å². The van der Waals surface area contributed by atoms with E-state index in [0.717, 1.165) is 23.3 Å². The zero-order valence-corrected chi connectivity index (χ0v) is 20.1. The third-order valence-corrected chi connectivity index (χ3v) is 6.69. The molecule has 0 saturated carbocycles. The molecule has 0 spiro atoms. The molecule has 0 heterocycles. The zero-order valence-electron chi connectivity index (χ0n) is 19.3. The van der Waals surface area contributed by atoms with Gasteiger partial charge in [-0.2, -0.15) is 13.2 Å². The molecule has 0 aliphatic rings. The summed E-state index contributed by atoms with van der Waals surface area (Å²) >= 11 is 0. The minimum Gasteiger partial charge on any atom is -0.481 e. The lowest BCUT2D eigenvalue weighted by atomic mass is 10.1. The number of nitrogens with one attached hydrogen (secondary N) is 2. The Bertz CT molecular complexity index is 1310. The molecular formula is C25H25F3N2O4S. The van der Waals surface area contributed by atoms with E-state index in [1.165, 1.54) is 30.3 Å². The Labute approximate surface area is 202 Å². The number of halogens is 3. The molecule has 0 radical (unpaired) electrons. The summed E-state index contributed by atoms with van der Waals surface area (Å²) in [7, 11) is -4.14. The highest BCUT2D eigenvalue weighted by Gasteiger charge is 2.30. The van der Waals surface area contributed by atoms with Gasteiger partial charge in [-0.25, -0.2) is 8.42 Å². The number of hydrogen-bond donors (Lipinski definition) is 2. The molecule has 0 aliphatic carbocycles. The van der Waals surface area contributed by atoms with Gasteiger partial charge in [0.25, 0.3) is 15.9 Å². The Morgan fingerprint density at radius 2 is 1.63 bits per heavy atom. The average Bonchev–Trinajstić information content (AvgIpc) is 2.79. The molecule has 0 fully saturated rings. The van der Waals surface area contributed by atoms with Crippen molar-refractivity contribution in [2.45, 2.75) is 44.4 Å². The van der Waals surface area contributed by atoms with E-state index < -0.39 is 33.8 Å². The van der Waals surface area contributed by atoms with Crippen molar-refractivity contribution >= 4 is 27.3 Å². The summed E-state index contributed by atoms with van der Waals surface area (Å²) in [5.74, 6) is 0.167. The maximum atomic E-state index is 12.9. The SMILES string of the molecule is CC[C@@H](Oc1ccc(C)c(C)c1)C(=O)Nc1ccc(S(=O)(=O)Nc2cccc(C(F)(F)F)c2)cc1. The van der Waals surface area contributed by atoms with E-state index in [-0.39, 0.29) is 10.6 Å². The van der Waals surface area contributed by atoms with Gasteiger partial charge in [0.1, 0.15) is 5.75 Å². The summed E-state index contributed by atoms with van der Waals surface area (Å²) in [6.45, 7) is 5.73. The van der Waals surface area contributed by atoms with E-state index in [9.17, 15) is 26.4 Å². The number of carbonyl (C=O) groups is 1. The Morgan fingerprint density at radius 3 is 2.23 bits per heavy atom. The van der Waals surface area contributed by atoms with Crippen LogP contribution in [0.15, 0.2) is 71.6 Å². The predicted molar refractivity (Wildman–Crippen MR) is 128 cm³/mol. The molecule has 0 unspecified atom stereocenters. The zero-order chi connectivity index (χ0) is 25.8. The van der Waals surface area contributed by atoms with Crippen LogP contribution < -0.4 is 14.8 Å². The van der Waals surface area contributed by atoms with Crippen molar-refractivity contribution in [1.29, 1.82) is 0 Å². The van der Waals surface area contributed by atoms with Crippen LogP contribution in [-0.2, 0) is 21.0 Å². The second-order valence-corrected chi connectivity index (χ2v) is 9.64. The molecule has 3 aromatic carbocycles. The van der Waals surface area contributed by atoms with Crippen LogP contribution in [0.4, 0.5) is 24.5 Å². The number of anilines is 2. The quantitative estimate of drug-likeness (QED) is 0.397. The molecule has 3 aromatic rings. The van der Waals surface area contributed by atoms with Gasteiger partial charge in [-0.1, -0.05) is 19.1 Å². The van der Waals surface area contributed by atoms with Crippen LogP contribution in [0.25, 0.3) is 0 Å². The number of amides is 1. The maximum absolute atomic E-state index is 12.9. The van der Waals surface area contributed by atoms with Gasteiger partial charge in [0.15, 0.2) is 6.10 Å². The first-order valence-electron chi connectivity index (χ1n) is 10.7. The van der Waals surface area contributed by atoms with Crippen molar-refractivity contribution in [3.8, 4) is 5.75 Å². The minimum absolute atomic E-state index is 0.175. The van der Waals surface area contributed by atoms with Crippen molar-refractivity contribution in [3.05, 3.63) is 83.4 Å². The summed E-state index contributed by atoms with van der Waals surface area (Å²) in [6.07, 6.45) is -4.95. The largest absolute Gasteiger partial charge is 0.481 e. The van der Waals surface area contributed by atoms with Crippen molar-refractivity contribution < 1.29 is 31.1 Å². The Morgan fingerprint density at radius 1 is 0.943 bits per heavy atom. The highest BCUT2D eigenvalue weighted by Crippen LogP contribution is 2.31. The summed E-state index contributed by atoms with van der Waals surface area (Å²) in [6, 6.07) is 14.7. The third kappa shape index (κ3) is 6.75. The first kappa shape index (κ1) is 26.1. The second kappa shape index (κ2) is 10.4. The van der Waals surface area contributed by atoms with Gasteiger partial charge in [-0.15, -0.1) is 0 Å². The number of sulfonamides is 1. The molecule has 0 bridgehead atoms. The number of hydrogen-bond acceptors (Lipinski definition) is 4. The molecule has 6 nitrogen and oxygen atoms in total. The molecule has 1 atom stereocenters. The van der Waals surface area contributed by atoms with Crippen LogP contribution in [0.3, 0.4) is 0 Å². The lowest BCUT2D eigenvalue weighted by Gasteiger charge is -2.18. The molecule has 1 amide bonds.